The molecule has 0 atom stereocenters. The summed E-state index contributed by atoms with van der Waals surface area (Å²) in [6, 6.07) is 0. The van der Waals surface area contributed by atoms with Crippen molar-refractivity contribution in [1.82, 2.24) is 10.7 Å². The van der Waals surface area contributed by atoms with E-state index < -0.39 is 0 Å². The van der Waals surface area contributed by atoms with Crippen LogP contribution in [-0.2, 0) is 9.47 Å². The zero-order chi connectivity index (χ0) is 12.8. The van der Waals surface area contributed by atoms with Gasteiger partial charge in [0.05, 0.1) is 0 Å². The molecule has 0 bridgehead atoms. The van der Waals surface area contributed by atoms with Gasteiger partial charge in [-0.3, -0.25) is 10.4 Å². The van der Waals surface area contributed by atoms with Gasteiger partial charge in [-0.15, -0.1) is 0 Å². The molecule has 0 amide bonds. The molecular weight excluding hydrogens is 220 g/mol. The number of hydrogen-bond donors (Lipinski definition) is 3. The quantitative estimate of drug-likeness (QED) is 0.169. The molecule has 6 nitrogen and oxygen atoms in total. The summed E-state index contributed by atoms with van der Waals surface area (Å²) < 4.78 is 10.4. The topological polar surface area (TPSA) is 80.9 Å². The Morgan fingerprint density at radius 1 is 1.12 bits per heavy atom. The van der Waals surface area contributed by atoms with Gasteiger partial charge in [-0.2, -0.15) is 0 Å². The van der Waals surface area contributed by atoms with E-state index >= 15 is 0 Å². The molecule has 0 saturated carbocycles. The minimum atomic E-state index is 0.623. The van der Waals surface area contributed by atoms with Crippen molar-refractivity contribution in [3.05, 3.63) is 0 Å². The SMILES string of the molecule is CCOCCCN=C(NN)NCCCOCC. The number of rotatable bonds is 10. The smallest absolute Gasteiger partial charge is 0.205 e. The van der Waals surface area contributed by atoms with Crippen LogP contribution in [0.4, 0.5) is 0 Å². The third-order valence-corrected chi connectivity index (χ3v) is 2.02. The van der Waals surface area contributed by atoms with Gasteiger partial charge in [0, 0.05) is 39.5 Å². The van der Waals surface area contributed by atoms with E-state index in [1.165, 1.54) is 0 Å². The molecule has 0 rings (SSSR count). The average Bonchev–Trinajstić information content (AvgIpc) is 2.36. The Morgan fingerprint density at radius 3 is 2.35 bits per heavy atom. The van der Waals surface area contributed by atoms with Crippen molar-refractivity contribution < 1.29 is 9.47 Å². The van der Waals surface area contributed by atoms with Crippen molar-refractivity contribution in [1.29, 1.82) is 0 Å². The fourth-order valence-electron chi connectivity index (χ4n) is 1.18. The van der Waals surface area contributed by atoms with Gasteiger partial charge in [-0.1, -0.05) is 0 Å². The summed E-state index contributed by atoms with van der Waals surface area (Å²) in [5.41, 5.74) is 2.54. The van der Waals surface area contributed by atoms with E-state index in [4.69, 9.17) is 15.3 Å². The second-order valence-electron chi connectivity index (χ2n) is 3.40. The summed E-state index contributed by atoms with van der Waals surface area (Å²) in [4.78, 5) is 4.28. The van der Waals surface area contributed by atoms with Crippen LogP contribution in [0, 0.1) is 0 Å². The van der Waals surface area contributed by atoms with Crippen molar-refractivity contribution >= 4 is 5.96 Å². The van der Waals surface area contributed by atoms with Crippen molar-refractivity contribution in [2.24, 2.45) is 10.8 Å². The molecule has 0 fully saturated rings. The first-order valence-electron chi connectivity index (χ1n) is 6.25. The largest absolute Gasteiger partial charge is 0.382 e. The predicted molar refractivity (Wildman–Crippen MR) is 69.8 cm³/mol. The standard InChI is InChI=1S/C11H26N4O2/c1-3-16-9-5-7-13-11(15-12)14-8-6-10-17-4-2/h3-10,12H2,1-2H3,(H2,13,14,15). The molecule has 0 radical (unpaired) electrons. The van der Waals surface area contributed by atoms with Gasteiger partial charge in [-0.05, 0) is 26.7 Å². The maximum atomic E-state index is 5.35. The van der Waals surface area contributed by atoms with Crippen LogP contribution in [0.25, 0.3) is 0 Å². The van der Waals surface area contributed by atoms with Crippen LogP contribution in [0.1, 0.15) is 26.7 Å². The lowest BCUT2D eigenvalue weighted by Crippen LogP contribution is -2.42. The highest BCUT2D eigenvalue weighted by Gasteiger charge is 1.94. The van der Waals surface area contributed by atoms with Crippen molar-refractivity contribution in [2.45, 2.75) is 26.7 Å². The minimum absolute atomic E-state index is 0.623. The highest BCUT2D eigenvalue weighted by molar-refractivity contribution is 5.79. The fourth-order valence-corrected chi connectivity index (χ4v) is 1.18. The monoisotopic (exact) mass is 246 g/mol. The van der Waals surface area contributed by atoms with Gasteiger partial charge in [0.25, 0.3) is 0 Å². The molecule has 102 valence electrons. The van der Waals surface area contributed by atoms with Gasteiger partial charge < -0.3 is 14.8 Å². The first-order valence-corrected chi connectivity index (χ1v) is 6.25. The third kappa shape index (κ3) is 11.4. The third-order valence-electron chi connectivity index (χ3n) is 2.02. The number of hydrazine groups is 1. The summed E-state index contributed by atoms with van der Waals surface area (Å²) in [6.45, 7) is 8.48. The maximum Gasteiger partial charge on any atom is 0.205 e. The molecule has 6 heteroatoms. The number of nitrogens with two attached hydrogens (primary N) is 1. The van der Waals surface area contributed by atoms with Gasteiger partial charge in [-0.25, -0.2) is 5.84 Å². The zero-order valence-corrected chi connectivity index (χ0v) is 11.0. The molecule has 0 aromatic carbocycles. The van der Waals surface area contributed by atoms with Crippen LogP contribution < -0.4 is 16.6 Å². The molecule has 0 aliphatic heterocycles. The van der Waals surface area contributed by atoms with E-state index in [9.17, 15) is 0 Å². The Kier molecular flexibility index (Phi) is 12.6. The highest BCUT2D eigenvalue weighted by Crippen LogP contribution is 1.85. The van der Waals surface area contributed by atoms with Crippen LogP contribution in [0.2, 0.25) is 0 Å². The molecule has 0 heterocycles. The van der Waals surface area contributed by atoms with Gasteiger partial charge >= 0.3 is 0 Å². The number of nitrogens with zero attached hydrogens (tertiary/aromatic N) is 1. The Hall–Kier alpha value is -0.850. The molecule has 17 heavy (non-hydrogen) atoms. The van der Waals surface area contributed by atoms with Crippen molar-refractivity contribution in [2.75, 3.05) is 39.5 Å². The molecular formula is C11H26N4O2. The van der Waals surface area contributed by atoms with Crippen LogP contribution in [0.3, 0.4) is 0 Å². The molecule has 0 aliphatic rings. The van der Waals surface area contributed by atoms with Crippen LogP contribution in [-0.4, -0.2) is 45.5 Å². The fraction of sp³-hybridized carbons (Fsp3) is 0.909. The first kappa shape index (κ1) is 16.1. The van der Waals surface area contributed by atoms with E-state index in [-0.39, 0.29) is 0 Å². The first-order chi connectivity index (χ1) is 8.35. The van der Waals surface area contributed by atoms with Crippen LogP contribution in [0.15, 0.2) is 4.99 Å². The van der Waals surface area contributed by atoms with E-state index in [0.717, 1.165) is 45.8 Å². The summed E-state index contributed by atoms with van der Waals surface area (Å²) in [5.74, 6) is 5.97. The molecule has 4 N–H and O–H groups in total. The lowest BCUT2D eigenvalue weighted by molar-refractivity contribution is 0.145. The Balaban J connectivity index is 3.49. The van der Waals surface area contributed by atoms with Crippen molar-refractivity contribution in [3.8, 4) is 0 Å². The molecule has 0 aromatic rings. The number of aliphatic imine (C=N–C) groups is 1. The lowest BCUT2D eigenvalue weighted by atomic mass is 10.4. The molecule has 0 saturated heterocycles. The lowest BCUT2D eigenvalue weighted by Gasteiger charge is -2.09. The second-order valence-corrected chi connectivity index (χ2v) is 3.40. The molecule has 0 aliphatic carbocycles. The Bertz CT molecular complexity index is 188. The molecule has 0 unspecified atom stereocenters. The van der Waals surface area contributed by atoms with E-state index in [0.29, 0.717) is 12.5 Å². The maximum absolute atomic E-state index is 5.35. The number of guanidine groups is 1. The van der Waals surface area contributed by atoms with E-state index in [1.54, 1.807) is 0 Å². The molecule has 0 aromatic heterocycles. The minimum Gasteiger partial charge on any atom is -0.382 e. The molecule has 0 spiro atoms. The van der Waals surface area contributed by atoms with Gasteiger partial charge in [0.1, 0.15) is 0 Å². The number of ether oxygens (including phenoxy) is 2. The summed E-state index contributed by atoms with van der Waals surface area (Å²) in [6.07, 6.45) is 1.84. The second kappa shape index (κ2) is 13.2. The summed E-state index contributed by atoms with van der Waals surface area (Å²) in [7, 11) is 0. The van der Waals surface area contributed by atoms with Gasteiger partial charge in [0.15, 0.2) is 0 Å². The number of hydrogen-bond acceptors (Lipinski definition) is 4. The normalized spacial score (nSPS) is 11.6. The van der Waals surface area contributed by atoms with E-state index in [2.05, 4.69) is 15.7 Å². The Morgan fingerprint density at radius 2 is 1.76 bits per heavy atom. The summed E-state index contributed by atoms with van der Waals surface area (Å²) >= 11 is 0. The average molecular weight is 246 g/mol. The van der Waals surface area contributed by atoms with Crippen LogP contribution >= 0.6 is 0 Å². The Labute approximate surface area is 104 Å². The van der Waals surface area contributed by atoms with Crippen molar-refractivity contribution in [3.63, 3.8) is 0 Å². The zero-order valence-electron chi connectivity index (χ0n) is 11.0. The number of nitrogens with one attached hydrogen (secondary N) is 2. The van der Waals surface area contributed by atoms with Crippen LogP contribution in [0.5, 0.6) is 0 Å². The predicted octanol–water partition coefficient (Wildman–Crippen LogP) is 0.249. The summed E-state index contributed by atoms with van der Waals surface area (Å²) in [5, 5.41) is 3.11. The van der Waals surface area contributed by atoms with Gasteiger partial charge in [0.2, 0.25) is 5.96 Å². The van der Waals surface area contributed by atoms with E-state index in [1.807, 2.05) is 13.8 Å². The highest BCUT2D eigenvalue weighted by atomic mass is 16.5.